The van der Waals surface area contributed by atoms with E-state index in [0.29, 0.717) is 19.6 Å². The Kier molecular flexibility index (Phi) is 5.96. The maximum atomic E-state index is 11.5. The maximum Gasteiger partial charge on any atom is 0.407 e. The first-order valence-corrected chi connectivity index (χ1v) is 8.36. The van der Waals surface area contributed by atoms with E-state index in [0.717, 1.165) is 20.9 Å². The highest BCUT2D eigenvalue weighted by atomic mass is 79.9. The lowest BCUT2D eigenvalue weighted by Crippen LogP contribution is -2.36. The molecule has 0 spiro atoms. The number of ether oxygens (including phenoxy) is 1. The zero-order valence-electron chi connectivity index (χ0n) is 13.6. The second-order valence-corrected chi connectivity index (χ2v) is 7.07. The van der Waals surface area contributed by atoms with E-state index in [9.17, 15) is 4.79 Å². The third kappa shape index (κ3) is 5.48. The molecule has 2 aromatic rings. The van der Waals surface area contributed by atoms with E-state index in [1.807, 2.05) is 45.0 Å². The minimum atomic E-state index is -0.473. The SMILES string of the molecule is CC(C)(C)OC(=O)NCCNCc1ccc(Br)c2cccnc12. The van der Waals surface area contributed by atoms with Gasteiger partial charge < -0.3 is 15.4 Å². The Morgan fingerprint density at radius 3 is 2.78 bits per heavy atom. The molecule has 0 bridgehead atoms. The van der Waals surface area contributed by atoms with Crippen LogP contribution in [0.3, 0.4) is 0 Å². The zero-order chi connectivity index (χ0) is 16.9. The predicted octanol–water partition coefficient (Wildman–Crippen LogP) is 3.61. The first kappa shape index (κ1) is 17.7. The number of alkyl carbamates (subject to hydrolysis) is 1. The summed E-state index contributed by atoms with van der Waals surface area (Å²) in [5.74, 6) is 0. The molecule has 1 heterocycles. The van der Waals surface area contributed by atoms with E-state index in [4.69, 9.17) is 4.74 Å². The highest BCUT2D eigenvalue weighted by Crippen LogP contribution is 2.24. The lowest BCUT2D eigenvalue weighted by molar-refractivity contribution is 0.0528. The Labute approximate surface area is 144 Å². The van der Waals surface area contributed by atoms with Crippen LogP contribution in [0.4, 0.5) is 4.79 Å². The Bertz CT molecular complexity index is 683. The highest BCUT2D eigenvalue weighted by molar-refractivity contribution is 9.10. The van der Waals surface area contributed by atoms with Gasteiger partial charge in [0, 0.05) is 35.7 Å². The number of aromatic nitrogens is 1. The van der Waals surface area contributed by atoms with Gasteiger partial charge in [0.15, 0.2) is 0 Å². The molecule has 6 heteroatoms. The van der Waals surface area contributed by atoms with E-state index in [1.54, 1.807) is 6.20 Å². The molecule has 1 aromatic carbocycles. The average Bonchev–Trinajstić information content (AvgIpc) is 2.47. The predicted molar refractivity (Wildman–Crippen MR) is 95.4 cm³/mol. The maximum absolute atomic E-state index is 11.5. The molecule has 0 saturated carbocycles. The Hall–Kier alpha value is -1.66. The molecule has 0 saturated heterocycles. The molecule has 0 aliphatic heterocycles. The van der Waals surface area contributed by atoms with Crippen molar-refractivity contribution in [2.24, 2.45) is 0 Å². The van der Waals surface area contributed by atoms with E-state index >= 15 is 0 Å². The third-order valence-electron chi connectivity index (χ3n) is 3.09. The fourth-order valence-corrected chi connectivity index (χ4v) is 2.58. The number of benzene rings is 1. The van der Waals surface area contributed by atoms with Crippen molar-refractivity contribution in [3.8, 4) is 0 Å². The van der Waals surface area contributed by atoms with Crippen LogP contribution in [0.25, 0.3) is 10.9 Å². The minimum Gasteiger partial charge on any atom is -0.444 e. The Balaban J connectivity index is 1.81. The number of nitrogens with zero attached hydrogens (tertiary/aromatic N) is 1. The second kappa shape index (κ2) is 7.75. The van der Waals surface area contributed by atoms with Gasteiger partial charge in [-0.15, -0.1) is 0 Å². The van der Waals surface area contributed by atoms with Gasteiger partial charge in [0.2, 0.25) is 0 Å². The van der Waals surface area contributed by atoms with Gasteiger partial charge in [-0.05, 0) is 38.5 Å². The van der Waals surface area contributed by atoms with Crippen molar-refractivity contribution in [1.29, 1.82) is 0 Å². The van der Waals surface area contributed by atoms with Crippen LogP contribution in [0.2, 0.25) is 0 Å². The number of amides is 1. The summed E-state index contributed by atoms with van der Waals surface area (Å²) in [6.07, 6.45) is 1.40. The highest BCUT2D eigenvalue weighted by Gasteiger charge is 2.15. The molecular weight excluding hydrogens is 358 g/mol. The molecule has 124 valence electrons. The molecule has 0 radical (unpaired) electrons. The van der Waals surface area contributed by atoms with Gasteiger partial charge in [-0.2, -0.15) is 0 Å². The van der Waals surface area contributed by atoms with Crippen molar-refractivity contribution in [2.75, 3.05) is 13.1 Å². The molecular formula is C17H22BrN3O2. The van der Waals surface area contributed by atoms with Gasteiger partial charge in [0.05, 0.1) is 5.52 Å². The topological polar surface area (TPSA) is 63.2 Å². The van der Waals surface area contributed by atoms with E-state index in [2.05, 4.69) is 31.5 Å². The lowest BCUT2D eigenvalue weighted by atomic mass is 10.1. The number of rotatable bonds is 5. The van der Waals surface area contributed by atoms with E-state index in [1.165, 1.54) is 0 Å². The number of halogens is 1. The number of hydrogen-bond donors (Lipinski definition) is 2. The zero-order valence-corrected chi connectivity index (χ0v) is 15.2. The van der Waals surface area contributed by atoms with Gasteiger partial charge in [-0.3, -0.25) is 4.98 Å². The van der Waals surface area contributed by atoms with Crippen molar-refractivity contribution in [1.82, 2.24) is 15.6 Å². The second-order valence-electron chi connectivity index (χ2n) is 6.21. The van der Waals surface area contributed by atoms with Crippen LogP contribution in [0, 0.1) is 0 Å². The molecule has 2 N–H and O–H groups in total. The summed E-state index contributed by atoms with van der Waals surface area (Å²) in [6, 6.07) is 8.04. The summed E-state index contributed by atoms with van der Waals surface area (Å²) >= 11 is 3.54. The molecule has 0 aliphatic carbocycles. The number of nitrogens with one attached hydrogen (secondary N) is 2. The fourth-order valence-electron chi connectivity index (χ4n) is 2.13. The molecule has 5 nitrogen and oxygen atoms in total. The number of fused-ring (bicyclic) bond motifs is 1. The molecule has 0 unspecified atom stereocenters. The van der Waals surface area contributed by atoms with Crippen molar-refractivity contribution < 1.29 is 9.53 Å². The van der Waals surface area contributed by atoms with Crippen LogP contribution >= 0.6 is 15.9 Å². The van der Waals surface area contributed by atoms with Crippen LogP contribution in [-0.4, -0.2) is 29.8 Å². The smallest absolute Gasteiger partial charge is 0.407 e. The molecule has 0 aliphatic rings. The van der Waals surface area contributed by atoms with Gasteiger partial charge in [-0.25, -0.2) is 4.79 Å². The monoisotopic (exact) mass is 379 g/mol. The first-order chi connectivity index (χ1) is 10.9. The van der Waals surface area contributed by atoms with Gasteiger partial charge in [-0.1, -0.05) is 28.1 Å². The normalized spacial score (nSPS) is 11.5. The standard InChI is InChI=1S/C17H22BrN3O2/c1-17(2,3)23-16(22)21-10-9-19-11-12-6-7-14(18)13-5-4-8-20-15(12)13/h4-8,19H,9-11H2,1-3H3,(H,21,22). The van der Waals surface area contributed by atoms with Crippen LogP contribution in [0.15, 0.2) is 34.9 Å². The van der Waals surface area contributed by atoms with Crippen LogP contribution in [0.5, 0.6) is 0 Å². The van der Waals surface area contributed by atoms with Crippen LogP contribution in [0.1, 0.15) is 26.3 Å². The minimum absolute atomic E-state index is 0.393. The molecule has 0 atom stereocenters. The van der Waals surface area contributed by atoms with Crippen LogP contribution < -0.4 is 10.6 Å². The summed E-state index contributed by atoms with van der Waals surface area (Å²) in [6.45, 7) is 7.39. The number of pyridine rings is 1. The average molecular weight is 380 g/mol. The molecule has 2 rings (SSSR count). The summed E-state index contributed by atoms with van der Waals surface area (Å²) in [5.41, 5.74) is 1.63. The first-order valence-electron chi connectivity index (χ1n) is 7.56. The summed E-state index contributed by atoms with van der Waals surface area (Å²) < 4.78 is 6.22. The Morgan fingerprint density at radius 2 is 2.04 bits per heavy atom. The van der Waals surface area contributed by atoms with Crippen LogP contribution in [-0.2, 0) is 11.3 Å². The summed E-state index contributed by atoms with van der Waals surface area (Å²) in [7, 11) is 0. The largest absolute Gasteiger partial charge is 0.444 e. The molecule has 1 aromatic heterocycles. The van der Waals surface area contributed by atoms with Crippen molar-refractivity contribution >= 4 is 32.9 Å². The van der Waals surface area contributed by atoms with Crippen molar-refractivity contribution in [3.05, 3.63) is 40.5 Å². The number of carbonyl (C=O) groups is 1. The third-order valence-corrected chi connectivity index (χ3v) is 3.78. The van der Waals surface area contributed by atoms with Crippen molar-refractivity contribution in [3.63, 3.8) is 0 Å². The van der Waals surface area contributed by atoms with Crippen molar-refractivity contribution in [2.45, 2.75) is 32.9 Å². The Morgan fingerprint density at radius 1 is 1.26 bits per heavy atom. The summed E-state index contributed by atoms with van der Waals surface area (Å²) in [5, 5.41) is 7.13. The van der Waals surface area contributed by atoms with Gasteiger partial charge in [0.1, 0.15) is 5.60 Å². The van der Waals surface area contributed by atoms with Gasteiger partial charge in [0.25, 0.3) is 0 Å². The number of carbonyl (C=O) groups excluding carboxylic acids is 1. The van der Waals surface area contributed by atoms with Gasteiger partial charge >= 0.3 is 6.09 Å². The van der Waals surface area contributed by atoms with E-state index in [-0.39, 0.29) is 0 Å². The number of hydrogen-bond acceptors (Lipinski definition) is 4. The summed E-state index contributed by atoms with van der Waals surface area (Å²) in [4.78, 5) is 16.0. The molecule has 23 heavy (non-hydrogen) atoms. The lowest BCUT2D eigenvalue weighted by Gasteiger charge is -2.19. The quantitative estimate of drug-likeness (QED) is 0.778. The fraction of sp³-hybridized carbons (Fsp3) is 0.412. The molecule has 1 amide bonds. The molecule has 0 fully saturated rings. The van der Waals surface area contributed by atoms with E-state index < -0.39 is 11.7 Å².